The molecule has 1 aromatic carbocycles. The number of hydrogen-bond donors (Lipinski definition) is 0. The quantitative estimate of drug-likeness (QED) is 0.778. The molecule has 114 valence electrons. The molecule has 1 aromatic heterocycles. The van der Waals surface area contributed by atoms with Crippen molar-refractivity contribution in [1.29, 1.82) is 0 Å². The minimum absolute atomic E-state index is 0.488. The molecule has 0 radical (unpaired) electrons. The molecule has 0 saturated carbocycles. The van der Waals surface area contributed by atoms with Crippen LogP contribution in [0.1, 0.15) is 36.0 Å². The van der Waals surface area contributed by atoms with Crippen molar-refractivity contribution in [2.24, 2.45) is 0 Å². The molecular formula is C16H21ClN2OS. The second-order valence-corrected chi connectivity index (χ2v) is 6.79. The van der Waals surface area contributed by atoms with E-state index in [-0.39, 0.29) is 0 Å². The number of rotatable bonds is 6. The summed E-state index contributed by atoms with van der Waals surface area (Å²) in [6, 6.07) is 5.71. The lowest BCUT2D eigenvalue weighted by Crippen LogP contribution is -2.18. The number of hydrogen-bond acceptors (Lipinski definition) is 4. The van der Waals surface area contributed by atoms with Crippen molar-refractivity contribution >= 4 is 22.9 Å². The van der Waals surface area contributed by atoms with Crippen LogP contribution in [0.5, 0.6) is 5.75 Å². The van der Waals surface area contributed by atoms with Crippen molar-refractivity contribution in [3.63, 3.8) is 0 Å². The maximum atomic E-state index is 6.07. The fourth-order valence-electron chi connectivity index (χ4n) is 2.15. The van der Waals surface area contributed by atoms with Crippen LogP contribution in [0.3, 0.4) is 0 Å². The van der Waals surface area contributed by atoms with Crippen molar-refractivity contribution < 1.29 is 4.74 Å². The Morgan fingerprint density at radius 3 is 2.71 bits per heavy atom. The summed E-state index contributed by atoms with van der Waals surface area (Å²) in [5.74, 6) is 1.36. The smallest absolute Gasteiger partial charge is 0.123 e. The Kier molecular flexibility index (Phi) is 5.62. The average Bonchev–Trinajstić information content (AvgIpc) is 2.87. The zero-order valence-corrected chi connectivity index (χ0v) is 14.5. The van der Waals surface area contributed by atoms with Gasteiger partial charge in [-0.1, -0.05) is 25.4 Å². The van der Waals surface area contributed by atoms with Gasteiger partial charge in [0.1, 0.15) is 5.75 Å². The summed E-state index contributed by atoms with van der Waals surface area (Å²) in [5.41, 5.74) is 2.21. The van der Waals surface area contributed by atoms with E-state index < -0.39 is 0 Å². The van der Waals surface area contributed by atoms with Gasteiger partial charge in [0, 0.05) is 35.0 Å². The number of ether oxygens (including phenoxy) is 1. The van der Waals surface area contributed by atoms with E-state index >= 15 is 0 Å². The Bertz CT molecular complexity index is 598. The van der Waals surface area contributed by atoms with Crippen LogP contribution < -0.4 is 4.74 Å². The Balaban J connectivity index is 2.04. The number of methoxy groups -OCH3 is 1. The lowest BCUT2D eigenvalue weighted by atomic mass is 10.2. The highest BCUT2D eigenvalue weighted by Crippen LogP contribution is 2.25. The first-order valence-corrected chi connectivity index (χ1v) is 8.20. The van der Waals surface area contributed by atoms with E-state index in [1.54, 1.807) is 18.4 Å². The summed E-state index contributed by atoms with van der Waals surface area (Å²) in [7, 11) is 3.76. The maximum absolute atomic E-state index is 6.07. The van der Waals surface area contributed by atoms with Crippen molar-refractivity contribution in [2.45, 2.75) is 32.9 Å². The minimum Gasteiger partial charge on any atom is -0.496 e. The predicted molar refractivity (Wildman–Crippen MR) is 89.4 cm³/mol. The van der Waals surface area contributed by atoms with Crippen molar-refractivity contribution in [2.75, 3.05) is 14.2 Å². The Hall–Kier alpha value is -1.10. The van der Waals surface area contributed by atoms with Crippen molar-refractivity contribution in [3.8, 4) is 5.75 Å². The first-order valence-electron chi connectivity index (χ1n) is 6.95. The van der Waals surface area contributed by atoms with Gasteiger partial charge >= 0.3 is 0 Å². The molecule has 0 spiro atoms. The molecule has 0 aliphatic heterocycles. The second-order valence-electron chi connectivity index (χ2n) is 5.46. The van der Waals surface area contributed by atoms with Gasteiger partial charge in [-0.05, 0) is 25.2 Å². The molecule has 0 aliphatic rings. The molecule has 0 saturated heterocycles. The van der Waals surface area contributed by atoms with Gasteiger partial charge < -0.3 is 4.74 Å². The van der Waals surface area contributed by atoms with Gasteiger partial charge in [0.15, 0.2) is 0 Å². The van der Waals surface area contributed by atoms with E-state index in [0.29, 0.717) is 5.92 Å². The standard InChI is InChI=1S/C16H21ClN2OS/c1-11(2)16-18-14(10-21-16)9-19(3)8-12-7-13(17)5-6-15(12)20-4/h5-7,10-11H,8-9H2,1-4H3. The van der Waals surface area contributed by atoms with Crippen LogP contribution in [0, 0.1) is 0 Å². The zero-order chi connectivity index (χ0) is 15.4. The maximum Gasteiger partial charge on any atom is 0.123 e. The van der Waals surface area contributed by atoms with Crippen LogP contribution in [-0.4, -0.2) is 24.0 Å². The third kappa shape index (κ3) is 4.43. The summed E-state index contributed by atoms with van der Waals surface area (Å²) in [6.45, 7) is 5.93. The fraction of sp³-hybridized carbons (Fsp3) is 0.438. The first kappa shape index (κ1) is 16.3. The van der Waals surface area contributed by atoms with Crippen LogP contribution in [0.15, 0.2) is 23.6 Å². The van der Waals surface area contributed by atoms with Crippen LogP contribution in [0.4, 0.5) is 0 Å². The van der Waals surface area contributed by atoms with Crippen molar-refractivity contribution in [3.05, 3.63) is 44.9 Å². The van der Waals surface area contributed by atoms with E-state index in [2.05, 4.69) is 36.2 Å². The number of nitrogens with zero attached hydrogens (tertiary/aromatic N) is 2. The molecule has 0 atom stereocenters. The third-order valence-electron chi connectivity index (χ3n) is 3.18. The molecule has 2 aromatic rings. The monoisotopic (exact) mass is 324 g/mol. The van der Waals surface area contributed by atoms with E-state index in [4.69, 9.17) is 16.3 Å². The molecule has 0 amide bonds. The zero-order valence-electron chi connectivity index (χ0n) is 12.9. The molecule has 0 fully saturated rings. The molecule has 0 aliphatic carbocycles. The molecule has 1 heterocycles. The lowest BCUT2D eigenvalue weighted by molar-refractivity contribution is 0.307. The van der Waals surface area contributed by atoms with Gasteiger partial charge in [-0.3, -0.25) is 4.90 Å². The highest BCUT2D eigenvalue weighted by molar-refractivity contribution is 7.09. The first-order chi connectivity index (χ1) is 9.99. The molecule has 0 N–H and O–H groups in total. The average molecular weight is 325 g/mol. The van der Waals surface area contributed by atoms with Crippen LogP contribution >= 0.6 is 22.9 Å². The highest BCUT2D eigenvalue weighted by atomic mass is 35.5. The van der Waals surface area contributed by atoms with Gasteiger partial charge in [0.2, 0.25) is 0 Å². The molecule has 21 heavy (non-hydrogen) atoms. The van der Waals surface area contributed by atoms with Crippen LogP contribution in [0.2, 0.25) is 5.02 Å². The molecular weight excluding hydrogens is 304 g/mol. The molecule has 5 heteroatoms. The predicted octanol–water partition coefficient (Wildman–Crippen LogP) is 4.56. The number of aromatic nitrogens is 1. The topological polar surface area (TPSA) is 25.4 Å². The molecule has 0 bridgehead atoms. The Labute approximate surface area is 135 Å². The molecule has 0 unspecified atom stereocenters. The summed E-state index contributed by atoms with van der Waals surface area (Å²) in [4.78, 5) is 6.89. The minimum atomic E-state index is 0.488. The molecule has 2 rings (SSSR count). The van der Waals surface area contributed by atoms with E-state index in [1.807, 2.05) is 18.2 Å². The molecule has 3 nitrogen and oxygen atoms in total. The highest BCUT2D eigenvalue weighted by Gasteiger charge is 2.11. The Morgan fingerprint density at radius 1 is 1.33 bits per heavy atom. The largest absolute Gasteiger partial charge is 0.496 e. The van der Waals surface area contributed by atoms with Crippen LogP contribution in [0.25, 0.3) is 0 Å². The summed E-state index contributed by atoms with van der Waals surface area (Å²) >= 11 is 7.80. The van der Waals surface area contributed by atoms with Crippen molar-refractivity contribution in [1.82, 2.24) is 9.88 Å². The van der Waals surface area contributed by atoms with Gasteiger partial charge in [0.25, 0.3) is 0 Å². The SMILES string of the molecule is COc1ccc(Cl)cc1CN(C)Cc1csc(C(C)C)n1. The van der Waals surface area contributed by atoms with Crippen LogP contribution in [-0.2, 0) is 13.1 Å². The number of benzene rings is 1. The van der Waals surface area contributed by atoms with E-state index in [9.17, 15) is 0 Å². The summed E-state index contributed by atoms with van der Waals surface area (Å²) in [6.07, 6.45) is 0. The van der Waals surface area contributed by atoms with Gasteiger partial charge in [-0.2, -0.15) is 0 Å². The normalized spacial score (nSPS) is 11.4. The number of thiazole rings is 1. The number of halogens is 1. The second kappa shape index (κ2) is 7.25. The summed E-state index contributed by atoms with van der Waals surface area (Å²) in [5, 5.41) is 4.06. The van der Waals surface area contributed by atoms with Gasteiger partial charge in [-0.25, -0.2) is 4.98 Å². The Morgan fingerprint density at radius 2 is 2.10 bits per heavy atom. The van der Waals surface area contributed by atoms with E-state index in [0.717, 1.165) is 35.1 Å². The van der Waals surface area contributed by atoms with E-state index in [1.165, 1.54) is 5.01 Å². The third-order valence-corrected chi connectivity index (χ3v) is 4.61. The van der Waals surface area contributed by atoms with Gasteiger partial charge in [-0.15, -0.1) is 11.3 Å². The summed E-state index contributed by atoms with van der Waals surface area (Å²) < 4.78 is 5.39. The fourth-order valence-corrected chi connectivity index (χ4v) is 3.18. The van der Waals surface area contributed by atoms with Gasteiger partial charge in [0.05, 0.1) is 17.8 Å². The lowest BCUT2D eigenvalue weighted by Gasteiger charge is -2.17.